The molecule has 34 heavy (non-hydrogen) atoms. The second kappa shape index (κ2) is 8.52. The van der Waals surface area contributed by atoms with Crippen LogP contribution in [0.3, 0.4) is 0 Å². The summed E-state index contributed by atoms with van der Waals surface area (Å²) >= 11 is 0. The molecule has 4 aromatic rings. The zero-order valence-electron chi connectivity index (χ0n) is 19.5. The van der Waals surface area contributed by atoms with Gasteiger partial charge in [0.2, 0.25) is 0 Å². The van der Waals surface area contributed by atoms with E-state index in [1.54, 1.807) is 35.2 Å². The predicted molar refractivity (Wildman–Crippen MR) is 131 cm³/mol. The molecular weight excluding hydrogens is 429 g/mol. The van der Waals surface area contributed by atoms with Crippen molar-refractivity contribution in [3.8, 4) is 11.1 Å². The molecule has 0 radical (unpaired) electrons. The first-order chi connectivity index (χ1) is 16.3. The third kappa shape index (κ3) is 3.89. The first kappa shape index (κ1) is 22.0. The van der Waals surface area contributed by atoms with Gasteiger partial charge in [0.1, 0.15) is 11.5 Å². The Hall–Kier alpha value is -3.80. The molecule has 3 heterocycles. The van der Waals surface area contributed by atoms with Crippen molar-refractivity contribution in [3.63, 3.8) is 0 Å². The second-order valence-corrected chi connectivity index (χ2v) is 9.35. The van der Waals surface area contributed by atoms with Crippen molar-refractivity contribution >= 4 is 16.7 Å². The van der Waals surface area contributed by atoms with Crippen LogP contribution < -0.4 is 5.56 Å². The van der Waals surface area contributed by atoms with Crippen molar-refractivity contribution in [1.29, 1.82) is 0 Å². The summed E-state index contributed by atoms with van der Waals surface area (Å²) in [5.74, 6) is -0.479. The molecule has 2 aromatic carbocycles. The molecule has 2 aromatic heterocycles. The summed E-state index contributed by atoms with van der Waals surface area (Å²) < 4.78 is 15.3. The van der Waals surface area contributed by atoms with Gasteiger partial charge < -0.3 is 9.47 Å². The van der Waals surface area contributed by atoms with Gasteiger partial charge in [-0.05, 0) is 49.1 Å². The van der Waals surface area contributed by atoms with Gasteiger partial charge in [-0.25, -0.2) is 4.39 Å². The van der Waals surface area contributed by atoms with Crippen LogP contribution in [0.25, 0.3) is 21.9 Å². The normalized spacial score (nSPS) is 15.9. The molecule has 0 saturated heterocycles. The van der Waals surface area contributed by atoms with E-state index in [9.17, 15) is 14.0 Å². The highest BCUT2D eigenvalue weighted by atomic mass is 19.1. The summed E-state index contributed by atoms with van der Waals surface area (Å²) in [6, 6.07) is 14.1. The average Bonchev–Trinajstić information content (AvgIpc) is 2.91. The number of carbonyl (C=O) groups is 1. The van der Waals surface area contributed by atoms with E-state index in [4.69, 9.17) is 0 Å². The summed E-state index contributed by atoms with van der Waals surface area (Å²) in [4.78, 5) is 33.6. The third-order valence-corrected chi connectivity index (χ3v) is 6.38. The second-order valence-electron chi connectivity index (χ2n) is 9.35. The van der Waals surface area contributed by atoms with E-state index in [0.29, 0.717) is 47.2 Å². The zero-order chi connectivity index (χ0) is 24.0. The topological polar surface area (TPSA) is 55.2 Å². The van der Waals surface area contributed by atoms with Crippen LogP contribution in [0, 0.1) is 25.6 Å². The minimum absolute atomic E-state index is 0.0731. The lowest BCUT2D eigenvalue weighted by atomic mass is 9.97. The maximum Gasteiger partial charge on any atom is 0.271 e. The quantitative estimate of drug-likeness (QED) is 0.431. The molecule has 0 saturated carbocycles. The summed E-state index contributed by atoms with van der Waals surface area (Å²) in [5, 5.41) is 1.10. The van der Waals surface area contributed by atoms with E-state index in [2.05, 4.69) is 23.2 Å². The van der Waals surface area contributed by atoms with Crippen molar-refractivity contribution in [2.75, 3.05) is 6.54 Å². The Morgan fingerprint density at radius 3 is 2.38 bits per heavy atom. The number of amides is 1. The molecule has 1 amide bonds. The fourth-order valence-electron chi connectivity index (χ4n) is 5.09. The summed E-state index contributed by atoms with van der Waals surface area (Å²) in [5.41, 5.74) is 4.81. The number of hydrogen-bond donors (Lipinski definition) is 0. The van der Waals surface area contributed by atoms with Crippen LogP contribution in [-0.4, -0.2) is 26.9 Å². The molecule has 172 valence electrons. The summed E-state index contributed by atoms with van der Waals surface area (Å²) in [7, 11) is 0. The standard InChI is InChI=1S/C28H26FN3O2/c1-17-10-18(2)12-20(11-17)16-31-14-19(3)15-32-26(28(31)34)25(21-4-6-22(29)7-5-21)23-8-9-30-13-24(23)27(32)33/h4-13,19H,14-16H2,1-3H3/t19-/m1/s1. The van der Waals surface area contributed by atoms with E-state index in [1.807, 2.05) is 25.7 Å². The molecule has 1 atom stereocenters. The Morgan fingerprint density at radius 2 is 1.68 bits per heavy atom. The molecule has 1 aliphatic heterocycles. The van der Waals surface area contributed by atoms with Gasteiger partial charge in [0.15, 0.2) is 0 Å². The van der Waals surface area contributed by atoms with Crippen molar-refractivity contribution < 1.29 is 9.18 Å². The van der Waals surface area contributed by atoms with E-state index in [-0.39, 0.29) is 23.2 Å². The van der Waals surface area contributed by atoms with Gasteiger partial charge in [-0.3, -0.25) is 14.6 Å². The monoisotopic (exact) mass is 455 g/mol. The van der Waals surface area contributed by atoms with Gasteiger partial charge in [-0.15, -0.1) is 0 Å². The lowest BCUT2D eigenvalue weighted by Crippen LogP contribution is -2.34. The number of aryl methyl sites for hydroxylation is 2. The Bertz CT molecular complexity index is 1450. The number of benzene rings is 2. The molecule has 0 N–H and O–H groups in total. The van der Waals surface area contributed by atoms with E-state index >= 15 is 0 Å². The molecule has 0 spiro atoms. The molecule has 0 unspecified atom stereocenters. The zero-order valence-corrected chi connectivity index (χ0v) is 19.5. The average molecular weight is 456 g/mol. The Balaban J connectivity index is 1.75. The van der Waals surface area contributed by atoms with E-state index in [1.165, 1.54) is 12.1 Å². The molecule has 0 aliphatic carbocycles. The SMILES string of the molecule is Cc1cc(C)cc(CN2C[C@@H](C)Cn3c(c(-c4ccc(F)cc4)c4ccncc4c3=O)C2=O)c1. The van der Waals surface area contributed by atoms with Crippen molar-refractivity contribution in [2.45, 2.75) is 33.9 Å². The fraction of sp³-hybridized carbons (Fsp3) is 0.250. The number of pyridine rings is 2. The molecule has 6 heteroatoms. The van der Waals surface area contributed by atoms with Gasteiger partial charge in [0.05, 0.1) is 5.39 Å². The summed E-state index contributed by atoms with van der Waals surface area (Å²) in [6.07, 6.45) is 3.16. The maximum absolute atomic E-state index is 14.1. The van der Waals surface area contributed by atoms with E-state index in [0.717, 1.165) is 16.7 Å². The number of hydrogen-bond acceptors (Lipinski definition) is 3. The lowest BCUT2D eigenvalue weighted by molar-refractivity contribution is 0.0729. The number of rotatable bonds is 3. The predicted octanol–water partition coefficient (Wildman–Crippen LogP) is 5.11. The number of nitrogens with zero attached hydrogens (tertiary/aromatic N) is 3. The number of halogens is 1. The van der Waals surface area contributed by atoms with Gasteiger partial charge >= 0.3 is 0 Å². The van der Waals surface area contributed by atoms with Crippen molar-refractivity contribution in [2.24, 2.45) is 5.92 Å². The molecule has 0 fully saturated rings. The minimum Gasteiger partial charge on any atom is -0.333 e. The maximum atomic E-state index is 14.1. The molecular formula is C28H26FN3O2. The Kier molecular flexibility index (Phi) is 5.52. The van der Waals surface area contributed by atoms with Crippen molar-refractivity contribution in [3.05, 3.63) is 99.5 Å². The number of fused-ring (bicyclic) bond motifs is 2. The highest BCUT2D eigenvalue weighted by Crippen LogP contribution is 2.33. The smallest absolute Gasteiger partial charge is 0.271 e. The first-order valence-corrected chi connectivity index (χ1v) is 11.4. The number of carbonyl (C=O) groups excluding carboxylic acids is 1. The van der Waals surface area contributed by atoms with Crippen LogP contribution in [0.1, 0.15) is 34.1 Å². The van der Waals surface area contributed by atoms with Crippen LogP contribution in [0.15, 0.2) is 65.7 Å². The van der Waals surface area contributed by atoms with Crippen LogP contribution >= 0.6 is 0 Å². The molecule has 5 rings (SSSR count). The highest BCUT2D eigenvalue weighted by molar-refractivity contribution is 6.08. The Labute approximate surface area is 197 Å². The largest absolute Gasteiger partial charge is 0.333 e. The van der Waals surface area contributed by atoms with E-state index < -0.39 is 0 Å². The van der Waals surface area contributed by atoms with Gasteiger partial charge in [-0.1, -0.05) is 48.4 Å². The molecule has 0 bridgehead atoms. The van der Waals surface area contributed by atoms with Gasteiger partial charge in [0, 0.05) is 43.0 Å². The van der Waals surface area contributed by atoms with Crippen molar-refractivity contribution in [1.82, 2.24) is 14.5 Å². The summed E-state index contributed by atoms with van der Waals surface area (Å²) in [6.45, 7) is 7.55. The first-order valence-electron chi connectivity index (χ1n) is 11.4. The molecule has 1 aliphatic rings. The lowest BCUT2D eigenvalue weighted by Gasteiger charge is -2.24. The van der Waals surface area contributed by atoms with Gasteiger partial charge in [0.25, 0.3) is 11.5 Å². The van der Waals surface area contributed by atoms with Crippen LogP contribution in [-0.2, 0) is 13.1 Å². The van der Waals surface area contributed by atoms with Crippen LogP contribution in [0.4, 0.5) is 4.39 Å². The van der Waals surface area contributed by atoms with Gasteiger partial charge in [-0.2, -0.15) is 0 Å². The number of aromatic nitrogens is 2. The van der Waals surface area contributed by atoms with Crippen LogP contribution in [0.2, 0.25) is 0 Å². The third-order valence-electron chi connectivity index (χ3n) is 6.38. The highest BCUT2D eigenvalue weighted by Gasteiger charge is 2.31. The van der Waals surface area contributed by atoms with Crippen LogP contribution in [0.5, 0.6) is 0 Å². The molecule has 5 nitrogen and oxygen atoms in total. The fourth-order valence-corrected chi connectivity index (χ4v) is 5.09. The Morgan fingerprint density at radius 1 is 0.971 bits per heavy atom. The minimum atomic E-state index is -0.356.